The molecular formula is C10H5F2S. The van der Waals surface area contributed by atoms with Gasteiger partial charge in [0.1, 0.15) is 0 Å². The maximum Gasteiger partial charge on any atom is 0.166 e. The van der Waals surface area contributed by atoms with Crippen LogP contribution in [0, 0.1) is 17.0 Å². The molecular weight excluding hydrogens is 190 g/mol. The summed E-state index contributed by atoms with van der Waals surface area (Å²) in [6.07, 6.45) is 0. The number of benzene rings is 1. The van der Waals surface area contributed by atoms with E-state index in [2.05, 4.69) is 5.38 Å². The molecule has 1 radical (unpaired) electrons. The molecule has 2 rings (SSSR count). The van der Waals surface area contributed by atoms with Gasteiger partial charge in [0.05, 0.1) is 0 Å². The van der Waals surface area contributed by atoms with E-state index in [4.69, 9.17) is 0 Å². The number of hydrogen-bond acceptors (Lipinski definition) is 1. The fourth-order valence-electron chi connectivity index (χ4n) is 1.10. The molecule has 1 heterocycles. The summed E-state index contributed by atoms with van der Waals surface area (Å²) in [5.41, 5.74) is 0.958. The van der Waals surface area contributed by atoms with Crippen molar-refractivity contribution < 1.29 is 8.78 Å². The van der Waals surface area contributed by atoms with E-state index in [1.165, 1.54) is 17.4 Å². The van der Waals surface area contributed by atoms with Crippen LogP contribution in [0.4, 0.5) is 8.78 Å². The van der Waals surface area contributed by atoms with E-state index in [1.54, 1.807) is 17.5 Å². The van der Waals surface area contributed by atoms with Gasteiger partial charge < -0.3 is 0 Å². The van der Waals surface area contributed by atoms with Crippen molar-refractivity contribution in [1.82, 2.24) is 0 Å². The van der Waals surface area contributed by atoms with Crippen LogP contribution in [0.5, 0.6) is 0 Å². The van der Waals surface area contributed by atoms with E-state index < -0.39 is 11.6 Å². The smallest absolute Gasteiger partial charge is 0.166 e. The highest BCUT2D eigenvalue weighted by Gasteiger charge is 2.08. The average Bonchev–Trinajstić information content (AvgIpc) is 2.62. The largest absolute Gasteiger partial charge is 0.204 e. The third kappa shape index (κ3) is 1.47. The Hall–Kier alpha value is -1.22. The highest BCUT2D eigenvalue weighted by molar-refractivity contribution is 7.07. The van der Waals surface area contributed by atoms with Crippen LogP contribution in [0.3, 0.4) is 0 Å². The van der Waals surface area contributed by atoms with Crippen LogP contribution in [0.2, 0.25) is 0 Å². The van der Waals surface area contributed by atoms with Gasteiger partial charge in [-0.15, -0.1) is 11.3 Å². The van der Waals surface area contributed by atoms with Gasteiger partial charge in [0, 0.05) is 10.9 Å². The van der Waals surface area contributed by atoms with Crippen molar-refractivity contribution in [2.75, 3.05) is 0 Å². The molecule has 65 valence electrons. The summed E-state index contributed by atoms with van der Waals surface area (Å²) in [5.74, 6) is -1.61. The van der Waals surface area contributed by atoms with E-state index in [9.17, 15) is 8.78 Å². The molecule has 0 aliphatic rings. The predicted molar refractivity (Wildman–Crippen MR) is 48.5 cm³/mol. The summed E-state index contributed by atoms with van der Waals surface area (Å²) < 4.78 is 26.0. The molecule has 0 aliphatic carbocycles. The lowest BCUT2D eigenvalue weighted by Gasteiger charge is -1.99. The molecule has 0 unspecified atom stereocenters. The fraction of sp³-hybridized carbons (Fsp3) is 0. The average molecular weight is 195 g/mol. The molecule has 1 aromatic carbocycles. The molecule has 0 saturated carbocycles. The Balaban J connectivity index is 2.59. The second kappa shape index (κ2) is 3.26. The summed E-state index contributed by atoms with van der Waals surface area (Å²) >= 11 is 1.33. The van der Waals surface area contributed by atoms with Crippen LogP contribution < -0.4 is 0 Å². The fourth-order valence-corrected chi connectivity index (χ4v) is 1.68. The zero-order valence-corrected chi connectivity index (χ0v) is 7.37. The molecule has 0 nitrogen and oxygen atoms in total. The van der Waals surface area contributed by atoms with Crippen molar-refractivity contribution in [3.05, 3.63) is 46.7 Å². The lowest BCUT2D eigenvalue weighted by Crippen LogP contribution is -1.86. The summed E-state index contributed by atoms with van der Waals surface area (Å²) in [4.78, 5) is 0. The van der Waals surface area contributed by atoms with Crippen LogP contribution in [-0.4, -0.2) is 0 Å². The Morgan fingerprint density at radius 3 is 2.77 bits per heavy atom. The number of hydrogen-bond donors (Lipinski definition) is 0. The zero-order valence-electron chi connectivity index (χ0n) is 6.55. The van der Waals surface area contributed by atoms with Gasteiger partial charge in [-0.25, -0.2) is 8.78 Å². The van der Waals surface area contributed by atoms with Gasteiger partial charge in [0.25, 0.3) is 0 Å². The minimum atomic E-state index is -0.816. The third-order valence-corrected chi connectivity index (χ3v) is 2.36. The van der Waals surface area contributed by atoms with Gasteiger partial charge in [-0.05, 0) is 23.1 Å². The summed E-state index contributed by atoms with van der Waals surface area (Å²) in [7, 11) is 0. The Bertz CT molecular complexity index is 407. The lowest BCUT2D eigenvalue weighted by atomic mass is 10.1. The lowest BCUT2D eigenvalue weighted by molar-refractivity contribution is 0.511. The molecule has 0 saturated heterocycles. The quantitative estimate of drug-likeness (QED) is 0.653. The van der Waals surface area contributed by atoms with Crippen LogP contribution in [0.15, 0.2) is 29.6 Å². The van der Waals surface area contributed by atoms with Gasteiger partial charge in [0.2, 0.25) is 0 Å². The van der Waals surface area contributed by atoms with Gasteiger partial charge in [0.15, 0.2) is 11.6 Å². The zero-order chi connectivity index (χ0) is 9.26. The van der Waals surface area contributed by atoms with E-state index in [0.717, 1.165) is 6.07 Å². The first-order chi connectivity index (χ1) is 6.29. The van der Waals surface area contributed by atoms with Crippen molar-refractivity contribution in [2.24, 2.45) is 0 Å². The van der Waals surface area contributed by atoms with Crippen LogP contribution >= 0.6 is 11.3 Å². The SMILES string of the molecule is Fc1cccc(-c2c[c]sc2)c1F. The van der Waals surface area contributed by atoms with E-state index in [0.29, 0.717) is 5.56 Å². The van der Waals surface area contributed by atoms with Crippen molar-refractivity contribution in [1.29, 1.82) is 0 Å². The molecule has 0 amide bonds. The minimum absolute atomic E-state index is 0.289. The molecule has 0 bridgehead atoms. The number of rotatable bonds is 1. The van der Waals surface area contributed by atoms with Crippen molar-refractivity contribution >= 4 is 11.3 Å². The first kappa shape index (κ1) is 8.38. The number of thiophene rings is 1. The number of halogens is 2. The highest BCUT2D eigenvalue weighted by Crippen LogP contribution is 2.25. The van der Waals surface area contributed by atoms with Crippen molar-refractivity contribution in [3.63, 3.8) is 0 Å². The third-order valence-electron chi connectivity index (χ3n) is 1.73. The molecule has 1 aromatic heterocycles. The maximum atomic E-state index is 13.2. The van der Waals surface area contributed by atoms with Crippen LogP contribution in [0.1, 0.15) is 0 Å². The highest BCUT2D eigenvalue weighted by atomic mass is 32.1. The minimum Gasteiger partial charge on any atom is -0.204 e. The Kier molecular flexibility index (Phi) is 2.10. The predicted octanol–water partition coefficient (Wildman–Crippen LogP) is 3.49. The maximum absolute atomic E-state index is 13.2. The molecule has 0 spiro atoms. The molecule has 0 atom stereocenters. The van der Waals surface area contributed by atoms with Crippen LogP contribution in [-0.2, 0) is 0 Å². The van der Waals surface area contributed by atoms with Gasteiger partial charge in [-0.2, -0.15) is 0 Å². The molecule has 0 fully saturated rings. The summed E-state index contributed by atoms with van der Waals surface area (Å²) in [5, 5.41) is 4.56. The van der Waals surface area contributed by atoms with Gasteiger partial charge >= 0.3 is 0 Å². The molecule has 2 aromatic rings. The molecule has 13 heavy (non-hydrogen) atoms. The summed E-state index contributed by atoms with van der Waals surface area (Å²) in [6.45, 7) is 0. The first-order valence-electron chi connectivity index (χ1n) is 3.68. The molecule has 0 N–H and O–H groups in total. The monoisotopic (exact) mass is 195 g/mol. The van der Waals surface area contributed by atoms with E-state index >= 15 is 0 Å². The second-order valence-corrected chi connectivity index (χ2v) is 3.26. The second-order valence-electron chi connectivity index (χ2n) is 2.55. The van der Waals surface area contributed by atoms with E-state index in [1.807, 2.05) is 0 Å². The summed E-state index contributed by atoms with van der Waals surface area (Å²) in [6, 6.07) is 5.79. The van der Waals surface area contributed by atoms with Crippen LogP contribution in [0.25, 0.3) is 11.1 Å². The van der Waals surface area contributed by atoms with E-state index in [-0.39, 0.29) is 5.56 Å². The van der Waals surface area contributed by atoms with Crippen molar-refractivity contribution in [2.45, 2.75) is 0 Å². The Morgan fingerprint density at radius 1 is 1.23 bits per heavy atom. The molecule has 0 aliphatic heterocycles. The van der Waals surface area contributed by atoms with Crippen molar-refractivity contribution in [3.8, 4) is 11.1 Å². The Labute approximate surface area is 78.5 Å². The standard InChI is InChI=1S/C10H5F2S/c11-9-3-1-2-8(10(9)12)7-4-5-13-6-7/h1-4,6H. The normalized spacial score (nSPS) is 10.3. The Morgan fingerprint density at radius 2 is 2.08 bits per heavy atom. The van der Waals surface area contributed by atoms with Gasteiger partial charge in [-0.3, -0.25) is 0 Å². The topological polar surface area (TPSA) is 0 Å². The van der Waals surface area contributed by atoms with Gasteiger partial charge in [-0.1, -0.05) is 12.1 Å². The molecule has 3 heteroatoms. The first-order valence-corrected chi connectivity index (χ1v) is 4.56.